The van der Waals surface area contributed by atoms with Crippen LogP contribution in [0.1, 0.15) is 113 Å². The molecule has 0 aliphatic rings. The molecule has 6 aromatic carbocycles. The molecule has 1 heterocycles. The van der Waals surface area contributed by atoms with Gasteiger partial charge in [-0.25, -0.2) is 0 Å². The second-order valence-electron chi connectivity index (χ2n) is 15.3. The Kier molecular flexibility index (Phi) is 13.7. The molecule has 1 aromatic heterocycles. The van der Waals surface area contributed by atoms with Crippen LogP contribution in [0.5, 0.6) is 0 Å². The monoisotopic (exact) mass is 855 g/mol. The Morgan fingerprint density at radius 1 is 0.458 bits per heavy atom. The summed E-state index contributed by atoms with van der Waals surface area (Å²) in [7, 11) is 0. The molecule has 2 unspecified atom stereocenters. The number of nitrogens with one attached hydrogen (secondary N) is 2. The molecule has 300 valence electrons. The Balaban J connectivity index is 1.40. The zero-order chi connectivity index (χ0) is 41.6. The number of pyridine rings is 1. The molecule has 59 heavy (non-hydrogen) atoms. The van der Waals surface area contributed by atoms with E-state index in [1.807, 2.05) is 48.5 Å². The maximum absolute atomic E-state index is 6.50. The van der Waals surface area contributed by atoms with Gasteiger partial charge in [0.05, 0.1) is 23.5 Å². The molecule has 0 spiro atoms. The molecule has 7 heteroatoms. The molecule has 0 amide bonds. The molecular formula is C52H49Cl4N3. The first-order chi connectivity index (χ1) is 28.5. The summed E-state index contributed by atoms with van der Waals surface area (Å²) < 4.78 is 0. The van der Waals surface area contributed by atoms with Gasteiger partial charge in [0.2, 0.25) is 0 Å². The van der Waals surface area contributed by atoms with Gasteiger partial charge in [-0.05, 0) is 139 Å². The van der Waals surface area contributed by atoms with E-state index in [0.29, 0.717) is 20.1 Å². The zero-order valence-corrected chi connectivity index (χ0v) is 37.1. The third kappa shape index (κ3) is 9.83. The van der Waals surface area contributed by atoms with Crippen molar-refractivity contribution in [3.63, 3.8) is 0 Å². The number of halogens is 4. The van der Waals surface area contributed by atoms with Crippen LogP contribution in [-0.2, 0) is 12.8 Å². The summed E-state index contributed by atoms with van der Waals surface area (Å²) in [5, 5.41) is 10.6. The summed E-state index contributed by atoms with van der Waals surface area (Å²) >= 11 is 26.0. The van der Waals surface area contributed by atoms with Crippen LogP contribution >= 0.6 is 46.4 Å². The van der Waals surface area contributed by atoms with Gasteiger partial charge in [0.25, 0.3) is 0 Å². The Labute approximate surface area is 369 Å². The number of hydrogen-bond acceptors (Lipinski definition) is 3. The summed E-state index contributed by atoms with van der Waals surface area (Å²) in [5.41, 5.74) is 14.6. The molecule has 7 aromatic rings. The third-order valence-corrected chi connectivity index (χ3v) is 12.2. The van der Waals surface area contributed by atoms with E-state index in [9.17, 15) is 0 Å². The van der Waals surface area contributed by atoms with Crippen LogP contribution in [0.2, 0.25) is 20.1 Å². The Hall–Kier alpha value is -4.77. The largest absolute Gasteiger partial charge is 0.377 e. The minimum atomic E-state index is -0.177. The lowest BCUT2D eigenvalue weighted by molar-refractivity contribution is 0.773. The summed E-state index contributed by atoms with van der Waals surface area (Å²) in [6.45, 7) is 11.0. The molecule has 7 rings (SSSR count). The lowest BCUT2D eigenvalue weighted by Crippen LogP contribution is -2.18. The number of rotatable bonds is 14. The van der Waals surface area contributed by atoms with Crippen molar-refractivity contribution >= 4 is 57.8 Å². The van der Waals surface area contributed by atoms with E-state index < -0.39 is 0 Å². The topological polar surface area (TPSA) is 37.0 Å². The van der Waals surface area contributed by atoms with Crippen molar-refractivity contribution < 1.29 is 0 Å². The van der Waals surface area contributed by atoms with Gasteiger partial charge in [-0.15, -0.1) is 0 Å². The fraction of sp³-hybridized carbons (Fsp3) is 0.212. The van der Waals surface area contributed by atoms with E-state index in [-0.39, 0.29) is 23.9 Å². The lowest BCUT2D eigenvalue weighted by Gasteiger charge is -2.31. The fourth-order valence-electron chi connectivity index (χ4n) is 8.15. The minimum Gasteiger partial charge on any atom is -0.377 e. The van der Waals surface area contributed by atoms with Crippen molar-refractivity contribution in [1.82, 2.24) is 4.98 Å². The van der Waals surface area contributed by atoms with Crippen LogP contribution in [0, 0.1) is 6.92 Å². The average molecular weight is 858 g/mol. The molecule has 0 saturated carbocycles. The lowest BCUT2D eigenvalue weighted by atomic mass is 9.78. The third-order valence-electron chi connectivity index (χ3n) is 11.2. The van der Waals surface area contributed by atoms with Crippen LogP contribution in [0.15, 0.2) is 146 Å². The van der Waals surface area contributed by atoms with Gasteiger partial charge in [-0.3, -0.25) is 4.98 Å². The highest BCUT2D eigenvalue weighted by molar-refractivity contribution is 6.31. The summed E-state index contributed by atoms with van der Waals surface area (Å²) in [6, 6.07) is 50.0. The molecule has 0 saturated heterocycles. The van der Waals surface area contributed by atoms with Crippen molar-refractivity contribution in [3.8, 4) is 0 Å². The van der Waals surface area contributed by atoms with Gasteiger partial charge in [-0.2, -0.15) is 0 Å². The zero-order valence-electron chi connectivity index (χ0n) is 34.0. The van der Waals surface area contributed by atoms with Gasteiger partial charge < -0.3 is 10.6 Å². The van der Waals surface area contributed by atoms with Crippen molar-refractivity contribution in [1.29, 1.82) is 0 Å². The highest BCUT2D eigenvalue weighted by Crippen LogP contribution is 2.46. The first-order valence-corrected chi connectivity index (χ1v) is 21.8. The second-order valence-corrected chi connectivity index (χ2v) is 17.0. The number of benzene rings is 6. The van der Waals surface area contributed by atoms with Crippen LogP contribution in [0.4, 0.5) is 11.4 Å². The van der Waals surface area contributed by atoms with Crippen molar-refractivity contribution in [3.05, 3.63) is 227 Å². The number of aromatic nitrogens is 1. The Morgan fingerprint density at radius 2 is 0.780 bits per heavy atom. The van der Waals surface area contributed by atoms with Crippen molar-refractivity contribution in [2.45, 2.75) is 71.4 Å². The number of nitrogens with zero attached hydrogens (tertiary/aromatic N) is 1. The number of para-hydroxylation sites is 1. The predicted octanol–water partition coefficient (Wildman–Crippen LogP) is 15.8. The van der Waals surface area contributed by atoms with E-state index in [1.165, 1.54) is 16.8 Å². The Bertz CT molecular complexity index is 2270. The predicted molar refractivity (Wildman–Crippen MR) is 252 cm³/mol. The fourth-order valence-corrected chi connectivity index (χ4v) is 8.65. The molecule has 0 aliphatic heterocycles. The molecule has 2 N–H and O–H groups in total. The minimum absolute atomic E-state index is 0.0102. The van der Waals surface area contributed by atoms with Crippen LogP contribution in [-0.4, -0.2) is 4.98 Å². The molecule has 2 atom stereocenters. The summed E-state index contributed by atoms with van der Waals surface area (Å²) in [4.78, 5) is 5.33. The molecule has 0 bridgehead atoms. The summed E-state index contributed by atoms with van der Waals surface area (Å²) in [6.07, 6.45) is 1.91. The molecular weight excluding hydrogens is 808 g/mol. The SMILES string of the molecule is CCc1cccc(CC)c1NC(C)c1cccc(C(C)Nc2c(C(c3ccc(Cl)cc3)c3ccc(Cl)cc3)cc(C)cc2C(c2ccc(Cl)cc2)c2ccc(Cl)cc2)n1. The number of anilines is 2. The van der Waals surface area contributed by atoms with E-state index in [4.69, 9.17) is 51.4 Å². The average Bonchev–Trinajstić information content (AvgIpc) is 3.24. The highest BCUT2D eigenvalue weighted by Gasteiger charge is 2.29. The normalized spacial score (nSPS) is 12.5. The first kappa shape index (κ1) is 42.4. The van der Waals surface area contributed by atoms with E-state index in [1.54, 1.807) is 0 Å². The van der Waals surface area contributed by atoms with E-state index in [2.05, 4.69) is 142 Å². The van der Waals surface area contributed by atoms with E-state index in [0.717, 1.165) is 68.9 Å². The van der Waals surface area contributed by atoms with Crippen LogP contribution in [0.25, 0.3) is 0 Å². The second kappa shape index (κ2) is 19.1. The first-order valence-electron chi connectivity index (χ1n) is 20.3. The standard InChI is InChI=1S/C52H49Cl4N3/c1-6-35-10-8-11-36(7-2)51(35)57-33(4)47-12-9-13-48(59-47)34(5)58-52-45(49(37-14-22-41(53)23-15-37)38-16-24-42(54)25-17-38)30-32(3)31-46(52)50(39-18-26-43(55)27-19-39)40-20-28-44(56)29-21-40/h8-31,33-34,49-50,57-58H,6-7H2,1-5H3. The Morgan fingerprint density at radius 3 is 1.12 bits per heavy atom. The van der Waals surface area contributed by atoms with E-state index >= 15 is 0 Å². The van der Waals surface area contributed by atoms with Crippen LogP contribution < -0.4 is 10.6 Å². The number of aryl methyl sites for hydroxylation is 3. The maximum Gasteiger partial charge on any atom is 0.0657 e. The van der Waals surface area contributed by atoms with Gasteiger partial charge >= 0.3 is 0 Å². The quantitative estimate of drug-likeness (QED) is 0.107. The van der Waals surface area contributed by atoms with Crippen LogP contribution in [0.3, 0.4) is 0 Å². The number of hydrogen-bond donors (Lipinski definition) is 2. The molecule has 3 nitrogen and oxygen atoms in total. The van der Waals surface area contributed by atoms with Gasteiger partial charge in [-0.1, -0.05) is 151 Å². The highest BCUT2D eigenvalue weighted by atomic mass is 35.5. The van der Waals surface area contributed by atoms with Gasteiger partial charge in [0.15, 0.2) is 0 Å². The maximum atomic E-state index is 6.50. The van der Waals surface area contributed by atoms with Crippen molar-refractivity contribution in [2.75, 3.05) is 10.6 Å². The molecule has 0 aliphatic carbocycles. The molecule has 0 radical (unpaired) electrons. The smallest absolute Gasteiger partial charge is 0.0657 e. The van der Waals surface area contributed by atoms with Gasteiger partial charge in [0.1, 0.15) is 0 Å². The van der Waals surface area contributed by atoms with Gasteiger partial charge in [0, 0.05) is 43.3 Å². The molecule has 0 fully saturated rings. The van der Waals surface area contributed by atoms with Crippen molar-refractivity contribution in [2.24, 2.45) is 0 Å². The summed E-state index contributed by atoms with van der Waals surface area (Å²) in [5.74, 6) is -0.326.